The van der Waals surface area contributed by atoms with Crippen LogP contribution in [0.4, 0.5) is 5.69 Å². The predicted octanol–water partition coefficient (Wildman–Crippen LogP) is 3.12. The second-order valence-electron chi connectivity index (χ2n) is 6.56. The third-order valence-electron chi connectivity index (χ3n) is 4.70. The summed E-state index contributed by atoms with van der Waals surface area (Å²) in [4.78, 5) is 16.8. The number of nitrogens with zero attached hydrogens (tertiary/aromatic N) is 2. The van der Waals surface area contributed by atoms with Crippen LogP contribution in [-0.2, 0) is 4.79 Å². The van der Waals surface area contributed by atoms with Gasteiger partial charge in [0.15, 0.2) is 6.10 Å². The normalized spacial score (nSPS) is 15.5. The van der Waals surface area contributed by atoms with Crippen molar-refractivity contribution in [3.63, 3.8) is 0 Å². The molecule has 5 heteroatoms. The van der Waals surface area contributed by atoms with Gasteiger partial charge < -0.3 is 19.3 Å². The summed E-state index contributed by atoms with van der Waals surface area (Å²) in [5.74, 6) is 1.62. The fourth-order valence-electron chi connectivity index (χ4n) is 3.19. The Bertz CT molecular complexity index is 737. The summed E-state index contributed by atoms with van der Waals surface area (Å²) < 4.78 is 11.3. The molecule has 0 radical (unpaired) electrons. The molecule has 3 rings (SSSR count). The van der Waals surface area contributed by atoms with Crippen LogP contribution in [0, 0.1) is 6.92 Å². The summed E-state index contributed by atoms with van der Waals surface area (Å²) in [7, 11) is 1.68. The quantitative estimate of drug-likeness (QED) is 0.827. The van der Waals surface area contributed by atoms with E-state index in [0.29, 0.717) is 13.1 Å². The molecular formula is C21H26N2O3. The van der Waals surface area contributed by atoms with Gasteiger partial charge in [-0.2, -0.15) is 0 Å². The highest BCUT2D eigenvalue weighted by Gasteiger charge is 2.27. The van der Waals surface area contributed by atoms with E-state index in [0.717, 1.165) is 30.3 Å². The fraction of sp³-hybridized carbons (Fsp3) is 0.381. The predicted molar refractivity (Wildman–Crippen MR) is 103 cm³/mol. The zero-order valence-corrected chi connectivity index (χ0v) is 15.6. The van der Waals surface area contributed by atoms with Gasteiger partial charge in [0.1, 0.15) is 11.5 Å². The molecule has 1 fully saturated rings. The number of hydrogen-bond acceptors (Lipinski definition) is 4. The van der Waals surface area contributed by atoms with Crippen LogP contribution in [0.3, 0.4) is 0 Å². The minimum Gasteiger partial charge on any atom is -0.495 e. The van der Waals surface area contributed by atoms with Gasteiger partial charge in [-0.25, -0.2) is 0 Å². The zero-order chi connectivity index (χ0) is 18.5. The van der Waals surface area contributed by atoms with Crippen LogP contribution in [0.15, 0.2) is 48.5 Å². The SMILES string of the molecule is COc1ccccc1N1CCN(C(=O)[C@H](C)Oc2ccc(C)cc2)CC1. The molecule has 1 aliphatic heterocycles. The highest BCUT2D eigenvalue weighted by atomic mass is 16.5. The van der Waals surface area contributed by atoms with Gasteiger partial charge >= 0.3 is 0 Å². The fourth-order valence-corrected chi connectivity index (χ4v) is 3.19. The summed E-state index contributed by atoms with van der Waals surface area (Å²) in [6, 6.07) is 15.8. The Hall–Kier alpha value is -2.69. The molecule has 0 unspecified atom stereocenters. The van der Waals surface area contributed by atoms with E-state index in [9.17, 15) is 4.79 Å². The molecule has 1 heterocycles. The number of aryl methyl sites for hydroxylation is 1. The lowest BCUT2D eigenvalue weighted by atomic mass is 10.2. The molecule has 0 aromatic heterocycles. The van der Waals surface area contributed by atoms with Gasteiger partial charge in [0.05, 0.1) is 12.8 Å². The molecule has 0 saturated carbocycles. The van der Waals surface area contributed by atoms with Crippen LogP contribution in [0.25, 0.3) is 0 Å². The average Bonchev–Trinajstić information content (AvgIpc) is 2.69. The van der Waals surface area contributed by atoms with Gasteiger partial charge in [-0.15, -0.1) is 0 Å². The maximum Gasteiger partial charge on any atom is 0.263 e. The minimum atomic E-state index is -0.490. The Morgan fingerprint density at radius 3 is 2.31 bits per heavy atom. The van der Waals surface area contributed by atoms with Crippen molar-refractivity contribution < 1.29 is 14.3 Å². The third kappa shape index (κ3) is 4.10. The van der Waals surface area contributed by atoms with Crippen molar-refractivity contribution in [3.8, 4) is 11.5 Å². The van der Waals surface area contributed by atoms with E-state index in [-0.39, 0.29) is 5.91 Å². The van der Waals surface area contributed by atoms with E-state index in [1.165, 1.54) is 5.56 Å². The van der Waals surface area contributed by atoms with Gasteiger partial charge in [-0.05, 0) is 38.1 Å². The largest absolute Gasteiger partial charge is 0.495 e. The number of rotatable bonds is 5. The van der Waals surface area contributed by atoms with Crippen molar-refractivity contribution in [2.24, 2.45) is 0 Å². The molecule has 1 amide bonds. The number of piperazine rings is 1. The standard InChI is InChI=1S/C21H26N2O3/c1-16-8-10-18(11-9-16)26-17(2)21(24)23-14-12-22(13-15-23)19-6-4-5-7-20(19)25-3/h4-11,17H,12-15H2,1-3H3/t17-/m0/s1. The van der Waals surface area contributed by atoms with Gasteiger partial charge in [-0.1, -0.05) is 29.8 Å². The highest BCUT2D eigenvalue weighted by molar-refractivity contribution is 5.81. The molecule has 5 nitrogen and oxygen atoms in total. The number of ether oxygens (including phenoxy) is 2. The average molecular weight is 354 g/mol. The molecular weight excluding hydrogens is 328 g/mol. The molecule has 0 spiro atoms. The second kappa shape index (κ2) is 8.13. The molecule has 2 aromatic rings. The molecule has 0 aliphatic carbocycles. The summed E-state index contributed by atoms with van der Waals surface area (Å²) in [5.41, 5.74) is 2.25. The molecule has 1 aliphatic rings. The molecule has 0 N–H and O–H groups in total. The summed E-state index contributed by atoms with van der Waals surface area (Å²) in [6.07, 6.45) is -0.490. The van der Waals surface area contributed by atoms with Crippen LogP contribution in [-0.4, -0.2) is 50.2 Å². The summed E-state index contributed by atoms with van der Waals surface area (Å²) >= 11 is 0. The van der Waals surface area contributed by atoms with E-state index >= 15 is 0 Å². The monoisotopic (exact) mass is 354 g/mol. The smallest absolute Gasteiger partial charge is 0.263 e. The van der Waals surface area contributed by atoms with E-state index in [4.69, 9.17) is 9.47 Å². The zero-order valence-electron chi connectivity index (χ0n) is 15.6. The van der Waals surface area contributed by atoms with Gasteiger partial charge in [0.2, 0.25) is 0 Å². The molecule has 26 heavy (non-hydrogen) atoms. The third-order valence-corrected chi connectivity index (χ3v) is 4.70. The lowest BCUT2D eigenvalue weighted by Gasteiger charge is -2.37. The number of amides is 1. The first kappa shape index (κ1) is 18.1. The van der Waals surface area contributed by atoms with Crippen molar-refractivity contribution in [1.82, 2.24) is 4.90 Å². The van der Waals surface area contributed by atoms with Crippen molar-refractivity contribution in [1.29, 1.82) is 0 Å². The van der Waals surface area contributed by atoms with Crippen molar-refractivity contribution in [2.75, 3.05) is 38.2 Å². The number of anilines is 1. The van der Waals surface area contributed by atoms with Crippen LogP contribution >= 0.6 is 0 Å². The Kier molecular flexibility index (Phi) is 5.66. The number of methoxy groups -OCH3 is 1. The summed E-state index contributed by atoms with van der Waals surface area (Å²) in [5, 5.41) is 0. The lowest BCUT2D eigenvalue weighted by molar-refractivity contribution is -0.138. The van der Waals surface area contributed by atoms with Crippen LogP contribution in [0.1, 0.15) is 12.5 Å². The van der Waals surface area contributed by atoms with Gasteiger partial charge in [-0.3, -0.25) is 4.79 Å². The summed E-state index contributed by atoms with van der Waals surface area (Å²) in [6.45, 7) is 6.76. The topological polar surface area (TPSA) is 42.0 Å². The molecule has 138 valence electrons. The van der Waals surface area contributed by atoms with Crippen molar-refractivity contribution in [2.45, 2.75) is 20.0 Å². The van der Waals surface area contributed by atoms with E-state index in [2.05, 4.69) is 11.0 Å². The van der Waals surface area contributed by atoms with Gasteiger partial charge in [0.25, 0.3) is 5.91 Å². The van der Waals surface area contributed by atoms with Crippen LogP contribution in [0.2, 0.25) is 0 Å². The van der Waals surface area contributed by atoms with Crippen LogP contribution in [0.5, 0.6) is 11.5 Å². The Labute approximate surface area is 155 Å². The molecule has 1 saturated heterocycles. The van der Waals surface area contributed by atoms with Crippen molar-refractivity contribution >= 4 is 11.6 Å². The number of carbonyl (C=O) groups excluding carboxylic acids is 1. The Morgan fingerprint density at radius 1 is 1.00 bits per heavy atom. The minimum absolute atomic E-state index is 0.0326. The van der Waals surface area contributed by atoms with Crippen molar-refractivity contribution in [3.05, 3.63) is 54.1 Å². The lowest BCUT2D eigenvalue weighted by Crippen LogP contribution is -2.52. The first-order valence-electron chi connectivity index (χ1n) is 8.98. The second-order valence-corrected chi connectivity index (χ2v) is 6.56. The molecule has 2 aromatic carbocycles. The van der Waals surface area contributed by atoms with E-state index in [1.807, 2.05) is 61.2 Å². The van der Waals surface area contributed by atoms with E-state index < -0.39 is 6.10 Å². The first-order valence-corrected chi connectivity index (χ1v) is 8.98. The highest BCUT2D eigenvalue weighted by Crippen LogP contribution is 2.28. The molecule has 0 bridgehead atoms. The number of benzene rings is 2. The van der Waals surface area contributed by atoms with Gasteiger partial charge in [0, 0.05) is 26.2 Å². The Morgan fingerprint density at radius 2 is 1.65 bits per heavy atom. The maximum atomic E-state index is 12.7. The number of carbonyl (C=O) groups is 1. The number of hydrogen-bond donors (Lipinski definition) is 0. The van der Waals surface area contributed by atoms with E-state index in [1.54, 1.807) is 7.11 Å². The Balaban J connectivity index is 1.57. The molecule has 1 atom stereocenters. The van der Waals surface area contributed by atoms with Crippen LogP contribution < -0.4 is 14.4 Å². The number of para-hydroxylation sites is 2. The first-order chi connectivity index (χ1) is 12.6. The maximum absolute atomic E-state index is 12.7.